The Morgan fingerprint density at radius 3 is 2.42 bits per heavy atom. The molecule has 0 aliphatic carbocycles. The molecule has 4 aromatic rings. The number of amides is 2. The standard InChI is InChI=1S/C26H23N3O3S/c1-3-32-21-15-13-20(14-16-21)29(26-28-22-6-4-5-7-23(22)33-26)24(30)17-10-18-8-11-19(12-9-18)25(31)27-2/h4-17H,3H2,1-2H3,(H,27,31)/b17-10-. The van der Waals surface area contributed by atoms with E-state index in [4.69, 9.17) is 4.74 Å². The van der Waals surface area contributed by atoms with Crippen molar-refractivity contribution in [1.82, 2.24) is 10.3 Å². The van der Waals surface area contributed by atoms with E-state index in [1.807, 2.05) is 55.5 Å². The van der Waals surface area contributed by atoms with Crippen molar-refractivity contribution in [2.75, 3.05) is 18.6 Å². The number of thiazole rings is 1. The van der Waals surface area contributed by atoms with Crippen LogP contribution in [-0.2, 0) is 4.79 Å². The summed E-state index contributed by atoms with van der Waals surface area (Å²) in [6, 6.07) is 22.2. The Bertz CT molecular complexity index is 1260. The van der Waals surface area contributed by atoms with Gasteiger partial charge in [-0.15, -0.1) is 0 Å². The van der Waals surface area contributed by atoms with Crippen molar-refractivity contribution in [3.8, 4) is 5.75 Å². The lowest BCUT2D eigenvalue weighted by Gasteiger charge is -2.18. The zero-order valence-electron chi connectivity index (χ0n) is 18.3. The van der Waals surface area contributed by atoms with Gasteiger partial charge < -0.3 is 10.1 Å². The molecule has 0 radical (unpaired) electrons. The van der Waals surface area contributed by atoms with Gasteiger partial charge in [-0.3, -0.25) is 14.5 Å². The molecule has 1 heterocycles. The van der Waals surface area contributed by atoms with Crippen molar-refractivity contribution in [1.29, 1.82) is 0 Å². The smallest absolute Gasteiger partial charge is 0.257 e. The Kier molecular flexibility index (Phi) is 6.80. The monoisotopic (exact) mass is 457 g/mol. The van der Waals surface area contributed by atoms with Gasteiger partial charge in [0.15, 0.2) is 5.13 Å². The maximum atomic E-state index is 13.3. The molecule has 0 spiro atoms. The summed E-state index contributed by atoms with van der Waals surface area (Å²) in [6.45, 7) is 2.50. The molecule has 166 valence electrons. The van der Waals surface area contributed by atoms with E-state index in [0.29, 0.717) is 23.0 Å². The molecule has 0 unspecified atom stereocenters. The Hall–Kier alpha value is -3.97. The van der Waals surface area contributed by atoms with Crippen LogP contribution in [0.3, 0.4) is 0 Å². The van der Waals surface area contributed by atoms with Crippen LogP contribution in [0.25, 0.3) is 16.3 Å². The molecule has 6 nitrogen and oxygen atoms in total. The molecule has 2 amide bonds. The molecule has 0 atom stereocenters. The lowest BCUT2D eigenvalue weighted by molar-refractivity contribution is -0.113. The van der Waals surface area contributed by atoms with E-state index < -0.39 is 0 Å². The van der Waals surface area contributed by atoms with Gasteiger partial charge in [0.2, 0.25) is 0 Å². The molecular weight excluding hydrogens is 434 g/mol. The first-order valence-corrected chi connectivity index (χ1v) is 11.3. The van der Waals surface area contributed by atoms with E-state index in [2.05, 4.69) is 10.3 Å². The van der Waals surface area contributed by atoms with Crippen LogP contribution in [0.15, 0.2) is 78.9 Å². The summed E-state index contributed by atoms with van der Waals surface area (Å²) < 4.78 is 6.54. The van der Waals surface area contributed by atoms with Crippen molar-refractivity contribution >= 4 is 50.3 Å². The van der Waals surface area contributed by atoms with Gasteiger partial charge in [0, 0.05) is 18.7 Å². The Morgan fingerprint density at radius 2 is 1.76 bits per heavy atom. The summed E-state index contributed by atoms with van der Waals surface area (Å²) in [7, 11) is 1.59. The first-order chi connectivity index (χ1) is 16.1. The number of hydrogen-bond donors (Lipinski definition) is 1. The molecule has 4 rings (SSSR count). The number of nitrogens with one attached hydrogen (secondary N) is 1. The number of nitrogens with zero attached hydrogens (tertiary/aromatic N) is 2. The second-order valence-corrected chi connectivity index (χ2v) is 8.11. The minimum absolute atomic E-state index is 0.154. The predicted molar refractivity (Wildman–Crippen MR) is 133 cm³/mol. The highest BCUT2D eigenvalue weighted by Crippen LogP contribution is 2.34. The highest BCUT2D eigenvalue weighted by molar-refractivity contribution is 7.22. The van der Waals surface area contributed by atoms with Gasteiger partial charge in [0.1, 0.15) is 5.75 Å². The molecule has 7 heteroatoms. The van der Waals surface area contributed by atoms with Crippen molar-refractivity contribution < 1.29 is 14.3 Å². The minimum Gasteiger partial charge on any atom is -0.494 e. The van der Waals surface area contributed by atoms with Gasteiger partial charge in [-0.2, -0.15) is 0 Å². The van der Waals surface area contributed by atoms with Crippen molar-refractivity contribution in [3.05, 3.63) is 90.0 Å². The molecule has 1 aromatic heterocycles. The van der Waals surface area contributed by atoms with E-state index >= 15 is 0 Å². The Labute approximate surface area is 196 Å². The van der Waals surface area contributed by atoms with E-state index in [-0.39, 0.29) is 11.8 Å². The molecular formula is C26H23N3O3S. The van der Waals surface area contributed by atoms with Crippen LogP contribution in [0, 0.1) is 0 Å². The highest BCUT2D eigenvalue weighted by Gasteiger charge is 2.20. The molecule has 33 heavy (non-hydrogen) atoms. The summed E-state index contributed by atoms with van der Waals surface area (Å²) in [5.74, 6) is 0.359. The number of para-hydroxylation sites is 1. The number of hydrogen-bond acceptors (Lipinski definition) is 5. The third kappa shape index (κ3) is 5.10. The zero-order chi connectivity index (χ0) is 23.2. The van der Waals surface area contributed by atoms with Crippen LogP contribution >= 0.6 is 11.3 Å². The summed E-state index contributed by atoms with van der Waals surface area (Å²) >= 11 is 1.46. The van der Waals surface area contributed by atoms with E-state index in [1.54, 1.807) is 42.3 Å². The SMILES string of the molecule is CCOc1ccc(N(C(=O)/C=C\c2ccc(C(=O)NC)cc2)c2nc3ccccc3s2)cc1. The summed E-state index contributed by atoms with van der Waals surface area (Å²) in [5, 5.41) is 3.18. The van der Waals surface area contributed by atoms with Crippen LogP contribution < -0.4 is 15.0 Å². The van der Waals surface area contributed by atoms with E-state index in [1.165, 1.54) is 17.4 Å². The van der Waals surface area contributed by atoms with Gasteiger partial charge >= 0.3 is 0 Å². The van der Waals surface area contributed by atoms with Crippen LogP contribution in [0.4, 0.5) is 10.8 Å². The zero-order valence-corrected chi connectivity index (χ0v) is 19.1. The van der Waals surface area contributed by atoms with Gasteiger partial charge in [-0.25, -0.2) is 4.98 Å². The average molecular weight is 458 g/mol. The maximum Gasteiger partial charge on any atom is 0.257 e. The fourth-order valence-electron chi connectivity index (χ4n) is 3.28. The van der Waals surface area contributed by atoms with Crippen LogP contribution in [0.2, 0.25) is 0 Å². The van der Waals surface area contributed by atoms with Gasteiger partial charge in [-0.1, -0.05) is 35.6 Å². The highest BCUT2D eigenvalue weighted by atomic mass is 32.1. The second kappa shape index (κ2) is 10.1. The van der Waals surface area contributed by atoms with Gasteiger partial charge in [0.25, 0.3) is 11.8 Å². The summed E-state index contributed by atoms with van der Waals surface area (Å²) in [5.41, 5.74) is 2.91. The first kappa shape index (κ1) is 22.2. The molecule has 0 bridgehead atoms. The summed E-state index contributed by atoms with van der Waals surface area (Å²) in [6.07, 6.45) is 3.24. The first-order valence-electron chi connectivity index (χ1n) is 10.5. The average Bonchev–Trinajstić information content (AvgIpc) is 3.27. The van der Waals surface area contributed by atoms with Crippen LogP contribution in [-0.4, -0.2) is 30.5 Å². The number of fused-ring (bicyclic) bond motifs is 1. The molecule has 0 aliphatic heterocycles. The van der Waals surface area contributed by atoms with Crippen molar-refractivity contribution in [3.63, 3.8) is 0 Å². The molecule has 0 fully saturated rings. The maximum absolute atomic E-state index is 13.3. The van der Waals surface area contributed by atoms with E-state index in [0.717, 1.165) is 21.5 Å². The lowest BCUT2D eigenvalue weighted by Crippen LogP contribution is -2.23. The van der Waals surface area contributed by atoms with Crippen LogP contribution in [0.5, 0.6) is 5.75 Å². The largest absolute Gasteiger partial charge is 0.494 e. The lowest BCUT2D eigenvalue weighted by atomic mass is 10.1. The van der Waals surface area contributed by atoms with Gasteiger partial charge in [-0.05, 0) is 67.1 Å². The van der Waals surface area contributed by atoms with Crippen molar-refractivity contribution in [2.24, 2.45) is 0 Å². The number of aromatic nitrogens is 1. The minimum atomic E-state index is -0.228. The van der Waals surface area contributed by atoms with Crippen LogP contribution in [0.1, 0.15) is 22.8 Å². The molecule has 0 aliphatic rings. The van der Waals surface area contributed by atoms with Crippen molar-refractivity contribution in [2.45, 2.75) is 6.92 Å². The molecule has 3 aromatic carbocycles. The molecule has 0 saturated carbocycles. The number of ether oxygens (including phenoxy) is 1. The Morgan fingerprint density at radius 1 is 1.03 bits per heavy atom. The number of anilines is 2. The fourth-order valence-corrected chi connectivity index (χ4v) is 4.27. The number of carbonyl (C=O) groups is 2. The summed E-state index contributed by atoms with van der Waals surface area (Å²) in [4.78, 5) is 31.3. The van der Waals surface area contributed by atoms with E-state index in [9.17, 15) is 9.59 Å². The van der Waals surface area contributed by atoms with Gasteiger partial charge in [0.05, 0.1) is 22.5 Å². The normalized spacial score (nSPS) is 11.0. The topological polar surface area (TPSA) is 71.5 Å². The predicted octanol–water partition coefficient (Wildman–Crippen LogP) is 5.43. The third-order valence-corrected chi connectivity index (χ3v) is 5.94. The molecule has 0 saturated heterocycles. The quantitative estimate of drug-likeness (QED) is 0.376. The molecule has 1 N–H and O–H groups in total. The third-order valence-electron chi connectivity index (χ3n) is 4.92. The fraction of sp³-hybridized carbons (Fsp3) is 0.115. The Balaban J connectivity index is 1.65. The number of carbonyl (C=O) groups excluding carboxylic acids is 2. The second-order valence-electron chi connectivity index (χ2n) is 7.10. The number of benzene rings is 3. The number of rotatable bonds is 7.